The maximum Gasteiger partial charge on any atom is 0.111 e. The highest BCUT2D eigenvalue weighted by Gasteiger charge is 2.27. The van der Waals surface area contributed by atoms with Crippen molar-refractivity contribution in [1.29, 1.82) is 0 Å². The van der Waals surface area contributed by atoms with Gasteiger partial charge < -0.3 is 9.13 Å². The van der Waals surface area contributed by atoms with Crippen LogP contribution in [0.1, 0.15) is 25.1 Å². The molecule has 28 heavy (non-hydrogen) atoms. The summed E-state index contributed by atoms with van der Waals surface area (Å²) in [5, 5.41) is 1.29. The molecule has 3 heterocycles. The van der Waals surface area contributed by atoms with Crippen LogP contribution in [0.15, 0.2) is 48.7 Å². The van der Waals surface area contributed by atoms with Crippen LogP contribution in [0.2, 0.25) is 0 Å². The smallest absolute Gasteiger partial charge is 0.111 e. The molecule has 1 aliphatic heterocycles. The second-order valence-electron chi connectivity index (χ2n) is 8.45. The van der Waals surface area contributed by atoms with Gasteiger partial charge in [-0.1, -0.05) is 24.6 Å². The molecule has 4 aromatic rings. The minimum Gasteiger partial charge on any atom is -0.351 e. The standard InChI is InChI=1S/C24H26N4/c1-26-11-9-17-5-6-19(16-23(17)26)18-7-8-22-21(15-18)25-24-10-12-27(13-14-28(22)24)20-3-2-4-20/h5-9,11,15-16,20H,2-4,10,12-14H2,1H3. The first kappa shape index (κ1) is 16.4. The van der Waals surface area contributed by atoms with Crippen LogP contribution in [0.3, 0.4) is 0 Å². The fourth-order valence-electron chi connectivity index (χ4n) is 4.94. The fourth-order valence-corrected chi connectivity index (χ4v) is 4.94. The number of hydrogen-bond acceptors (Lipinski definition) is 2. The van der Waals surface area contributed by atoms with Gasteiger partial charge in [0.25, 0.3) is 0 Å². The van der Waals surface area contributed by atoms with E-state index in [4.69, 9.17) is 4.98 Å². The first-order chi connectivity index (χ1) is 13.8. The molecule has 1 fully saturated rings. The highest BCUT2D eigenvalue weighted by molar-refractivity contribution is 5.88. The van der Waals surface area contributed by atoms with Gasteiger partial charge in [0.15, 0.2) is 0 Å². The summed E-state index contributed by atoms with van der Waals surface area (Å²) in [4.78, 5) is 7.73. The molecular weight excluding hydrogens is 344 g/mol. The van der Waals surface area contributed by atoms with Gasteiger partial charge in [0, 0.05) is 50.9 Å². The molecule has 1 saturated carbocycles. The largest absolute Gasteiger partial charge is 0.351 e. The van der Waals surface area contributed by atoms with Crippen molar-refractivity contribution < 1.29 is 0 Å². The molecule has 0 N–H and O–H groups in total. The summed E-state index contributed by atoms with van der Waals surface area (Å²) >= 11 is 0. The van der Waals surface area contributed by atoms with E-state index in [1.807, 2.05) is 0 Å². The maximum absolute atomic E-state index is 5.04. The molecule has 1 aliphatic carbocycles. The predicted octanol–water partition coefficient (Wildman–Crippen LogP) is 4.61. The van der Waals surface area contributed by atoms with Crippen LogP contribution in [0.25, 0.3) is 33.1 Å². The molecule has 0 unspecified atom stereocenters. The van der Waals surface area contributed by atoms with Crippen LogP contribution >= 0.6 is 0 Å². The Morgan fingerprint density at radius 3 is 2.61 bits per heavy atom. The molecule has 0 radical (unpaired) electrons. The summed E-state index contributed by atoms with van der Waals surface area (Å²) < 4.78 is 4.64. The molecule has 2 aromatic heterocycles. The molecule has 4 heteroatoms. The Labute approximate surface area is 165 Å². The molecule has 4 nitrogen and oxygen atoms in total. The highest BCUT2D eigenvalue weighted by Crippen LogP contribution is 2.30. The van der Waals surface area contributed by atoms with E-state index in [0.717, 1.165) is 37.6 Å². The van der Waals surface area contributed by atoms with Crippen molar-refractivity contribution in [3.05, 3.63) is 54.5 Å². The summed E-state index contributed by atoms with van der Waals surface area (Å²) in [7, 11) is 2.11. The normalized spacial score (nSPS) is 18.3. The zero-order valence-electron chi connectivity index (χ0n) is 16.4. The van der Waals surface area contributed by atoms with Crippen molar-refractivity contribution in [2.45, 2.75) is 38.3 Å². The summed E-state index contributed by atoms with van der Waals surface area (Å²) in [5.74, 6) is 1.26. The number of nitrogens with zero attached hydrogens (tertiary/aromatic N) is 4. The lowest BCUT2D eigenvalue weighted by molar-refractivity contribution is 0.130. The van der Waals surface area contributed by atoms with Gasteiger partial charge in [-0.3, -0.25) is 4.90 Å². The zero-order chi connectivity index (χ0) is 18.7. The van der Waals surface area contributed by atoms with Gasteiger partial charge in [-0.05, 0) is 53.6 Å². The molecule has 2 aliphatic rings. The number of fused-ring (bicyclic) bond motifs is 4. The third-order valence-corrected chi connectivity index (χ3v) is 6.87. The third kappa shape index (κ3) is 2.51. The topological polar surface area (TPSA) is 26.0 Å². The van der Waals surface area contributed by atoms with Crippen LogP contribution in [-0.4, -0.2) is 38.1 Å². The van der Waals surface area contributed by atoms with Crippen molar-refractivity contribution in [2.75, 3.05) is 13.1 Å². The summed E-state index contributed by atoms with van der Waals surface area (Å²) in [5.41, 5.74) is 6.20. The van der Waals surface area contributed by atoms with Gasteiger partial charge in [-0.15, -0.1) is 0 Å². The number of benzene rings is 2. The van der Waals surface area contributed by atoms with Gasteiger partial charge in [0.1, 0.15) is 5.82 Å². The first-order valence-electron chi connectivity index (χ1n) is 10.5. The van der Waals surface area contributed by atoms with E-state index in [2.05, 4.69) is 69.7 Å². The summed E-state index contributed by atoms with van der Waals surface area (Å²) in [6.07, 6.45) is 7.37. The van der Waals surface area contributed by atoms with E-state index in [1.165, 1.54) is 52.6 Å². The van der Waals surface area contributed by atoms with Crippen molar-refractivity contribution in [2.24, 2.45) is 7.05 Å². The van der Waals surface area contributed by atoms with Gasteiger partial charge in [0.2, 0.25) is 0 Å². The van der Waals surface area contributed by atoms with E-state index in [-0.39, 0.29) is 0 Å². The third-order valence-electron chi connectivity index (χ3n) is 6.87. The lowest BCUT2D eigenvalue weighted by Gasteiger charge is -2.36. The number of imidazole rings is 1. The van der Waals surface area contributed by atoms with Crippen molar-refractivity contribution >= 4 is 21.9 Å². The quantitative estimate of drug-likeness (QED) is 0.515. The van der Waals surface area contributed by atoms with Gasteiger partial charge in [-0.25, -0.2) is 4.98 Å². The maximum atomic E-state index is 5.04. The second kappa shape index (κ2) is 6.21. The lowest BCUT2D eigenvalue weighted by Crippen LogP contribution is -2.41. The molecule has 142 valence electrons. The molecule has 2 aromatic carbocycles. The monoisotopic (exact) mass is 370 g/mol. The Balaban J connectivity index is 1.35. The molecule has 0 amide bonds. The summed E-state index contributed by atoms with van der Waals surface area (Å²) in [6, 6.07) is 16.5. The van der Waals surface area contributed by atoms with Crippen LogP contribution in [0.4, 0.5) is 0 Å². The van der Waals surface area contributed by atoms with Crippen LogP contribution in [0.5, 0.6) is 0 Å². The zero-order valence-corrected chi connectivity index (χ0v) is 16.4. The van der Waals surface area contributed by atoms with Crippen LogP contribution < -0.4 is 0 Å². The van der Waals surface area contributed by atoms with E-state index in [1.54, 1.807) is 0 Å². The van der Waals surface area contributed by atoms with E-state index in [0.29, 0.717) is 0 Å². The van der Waals surface area contributed by atoms with Crippen LogP contribution in [0, 0.1) is 0 Å². The molecular formula is C24H26N4. The second-order valence-corrected chi connectivity index (χ2v) is 8.45. The Bertz CT molecular complexity index is 1180. The van der Waals surface area contributed by atoms with Crippen molar-refractivity contribution in [1.82, 2.24) is 19.0 Å². The lowest BCUT2D eigenvalue weighted by atomic mass is 9.91. The molecule has 0 bridgehead atoms. The molecule has 0 spiro atoms. The number of rotatable bonds is 2. The molecule has 6 rings (SSSR count). The Morgan fingerprint density at radius 1 is 0.893 bits per heavy atom. The number of hydrogen-bond donors (Lipinski definition) is 0. The predicted molar refractivity (Wildman–Crippen MR) is 115 cm³/mol. The van der Waals surface area contributed by atoms with E-state index < -0.39 is 0 Å². The molecule has 0 atom stereocenters. The Kier molecular flexibility index (Phi) is 3.63. The van der Waals surface area contributed by atoms with Crippen molar-refractivity contribution in [3.8, 4) is 11.1 Å². The Hall–Kier alpha value is -2.59. The average Bonchev–Trinajstić information content (AvgIpc) is 3.15. The van der Waals surface area contributed by atoms with E-state index in [9.17, 15) is 0 Å². The fraction of sp³-hybridized carbons (Fsp3) is 0.375. The SMILES string of the molecule is Cn1ccc2ccc(-c3ccc4c(c3)nc3n4CCN(C4CCC4)CC3)cc21. The van der Waals surface area contributed by atoms with Gasteiger partial charge in [0.05, 0.1) is 11.0 Å². The molecule has 0 saturated heterocycles. The van der Waals surface area contributed by atoms with Crippen molar-refractivity contribution in [3.63, 3.8) is 0 Å². The average molecular weight is 371 g/mol. The van der Waals surface area contributed by atoms with Gasteiger partial charge in [-0.2, -0.15) is 0 Å². The number of aromatic nitrogens is 3. The Morgan fingerprint density at radius 2 is 1.75 bits per heavy atom. The van der Waals surface area contributed by atoms with Crippen LogP contribution in [-0.2, 0) is 20.0 Å². The first-order valence-corrected chi connectivity index (χ1v) is 10.5. The van der Waals surface area contributed by atoms with Gasteiger partial charge >= 0.3 is 0 Å². The minimum atomic E-state index is 0.829. The van der Waals surface area contributed by atoms with E-state index >= 15 is 0 Å². The highest BCUT2D eigenvalue weighted by atomic mass is 15.2. The summed E-state index contributed by atoms with van der Waals surface area (Å²) in [6.45, 7) is 3.39. The minimum absolute atomic E-state index is 0.829. The number of aryl methyl sites for hydroxylation is 1.